The van der Waals surface area contributed by atoms with Gasteiger partial charge >= 0.3 is 0 Å². The number of methoxy groups -OCH3 is 1. The van der Waals surface area contributed by atoms with Gasteiger partial charge in [-0.25, -0.2) is 0 Å². The molecule has 0 aliphatic carbocycles. The van der Waals surface area contributed by atoms with Crippen molar-refractivity contribution >= 4 is 17.4 Å². The van der Waals surface area contributed by atoms with E-state index in [1.807, 2.05) is 31.2 Å². The number of aromatic nitrogens is 1. The molecule has 0 saturated carbocycles. The fraction of sp³-hybridized carbons (Fsp3) is 0.286. The summed E-state index contributed by atoms with van der Waals surface area (Å²) in [4.78, 5) is 30.9. The Morgan fingerprint density at radius 2 is 1.96 bits per heavy atom. The second kappa shape index (κ2) is 8.14. The molecule has 0 bridgehead atoms. The summed E-state index contributed by atoms with van der Waals surface area (Å²) in [7, 11) is 1.59. The summed E-state index contributed by atoms with van der Waals surface area (Å²) in [6, 6.07) is 10.2. The first-order valence-electron chi connectivity index (χ1n) is 8.79. The third-order valence-electron chi connectivity index (χ3n) is 4.60. The SMILES string of the molecule is COCCCN1C(=O)C(=O)/C(=C(\O)c2ccncc2)C1c1cccc(C)c1. The van der Waals surface area contributed by atoms with E-state index in [2.05, 4.69) is 4.98 Å². The molecule has 3 rings (SSSR count). The third kappa shape index (κ3) is 3.75. The van der Waals surface area contributed by atoms with Crippen molar-refractivity contribution in [3.8, 4) is 0 Å². The number of aliphatic hydroxyl groups excluding tert-OH is 1. The van der Waals surface area contributed by atoms with Crippen molar-refractivity contribution < 1.29 is 19.4 Å². The quantitative estimate of drug-likeness (QED) is 0.368. The molecule has 2 heterocycles. The van der Waals surface area contributed by atoms with Crippen LogP contribution in [-0.4, -0.2) is 46.9 Å². The van der Waals surface area contributed by atoms with Crippen LogP contribution in [0.5, 0.6) is 0 Å². The molecule has 2 aromatic rings. The summed E-state index contributed by atoms with van der Waals surface area (Å²) in [6.45, 7) is 2.79. The minimum atomic E-state index is -0.673. The summed E-state index contributed by atoms with van der Waals surface area (Å²) in [5, 5.41) is 10.8. The maximum absolute atomic E-state index is 12.8. The first kappa shape index (κ1) is 18.8. The van der Waals surface area contributed by atoms with Crippen molar-refractivity contribution in [1.29, 1.82) is 0 Å². The Labute approximate surface area is 158 Å². The van der Waals surface area contributed by atoms with Crippen molar-refractivity contribution in [1.82, 2.24) is 9.88 Å². The number of hydrogen-bond donors (Lipinski definition) is 1. The molecule has 6 heteroatoms. The van der Waals surface area contributed by atoms with Crippen LogP contribution in [0.2, 0.25) is 0 Å². The summed E-state index contributed by atoms with van der Waals surface area (Å²) < 4.78 is 5.08. The van der Waals surface area contributed by atoms with E-state index in [-0.39, 0.29) is 11.3 Å². The van der Waals surface area contributed by atoms with Crippen LogP contribution >= 0.6 is 0 Å². The van der Waals surface area contributed by atoms with E-state index in [4.69, 9.17) is 4.74 Å². The zero-order valence-electron chi connectivity index (χ0n) is 15.4. The standard InChI is InChI=1S/C21H22N2O4/c1-14-5-3-6-16(13-14)18-17(19(24)15-7-9-22-10-8-15)20(25)21(26)23(18)11-4-12-27-2/h3,5-10,13,18,24H,4,11-12H2,1-2H3/b19-17-. The van der Waals surface area contributed by atoms with Crippen molar-refractivity contribution in [2.75, 3.05) is 20.3 Å². The van der Waals surface area contributed by atoms with E-state index >= 15 is 0 Å². The van der Waals surface area contributed by atoms with Crippen LogP contribution in [0, 0.1) is 6.92 Å². The average Bonchev–Trinajstić information content (AvgIpc) is 2.93. The van der Waals surface area contributed by atoms with Crippen LogP contribution in [0.1, 0.15) is 29.2 Å². The Kier molecular flexibility index (Phi) is 5.66. The molecule has 1 N–H and O–H groups in total. The van der Waals surface area contributed by atoms with Crippen molar-refractivity contribution in [3.63, 3.8) is 0 Å². The van der Waals surface area contributed by atoms with E-state index in [0.717, 1.165) is 11.1 Å². The van der Waals surface area contributed by atoms with Crippen LogP contribution in [-0.2, 0) is 14.3 Å². The highest BCUT2D eigenvalue weighted by molar-refractivity contribution is 6.46. The topological polar surface area (TPSA) is 79.7 Å². The number of rotatable bonds is 6. The van der Waals surface area contributed by atoms with Gasteiger partial charge in [-0.15, -0.1) is 0 Å². The molecule has 1 aromatic heterocycles. The van der Waals surface area contributed by atoms with Gasteiger partial charge in [0.25, 0.3) is 11.7 Å². The second-order valence-corrected chi connectivity index (χ2v) is 6.49. The van der Waals surface area contributed by atoms with Crippen LogP contribution in [0.3, 0.4) is 0 Å². The molecular formula is C21H22N2O4. The molecule has 27 heavy (non-hydrogen) atoms. The van der Waals surface area contributed by atoms with Crippen molar-refractivity contribution in [2.24, 2.45) is 0 Å². The Morgan fingerprint density at radius 1 is 1.22 bits per heavy atom. The molecule has 0 spiro atoms. The number of aryl methyl sites for hydroxylation is 1. The number of ketones is 1. The molecule has 6 nitrogen and oxygen atoms in total. The van der Waals surface area contributed by atoms with Gasteiger partial charge in [0.2, 0.25) is 0 Å². The Bertz CT molecular complexity index is 877. The van der Waals surface area contributed by atoms with Crippen LogP contribution in [0.4, 0.5) is 0 Å². The lowest BCUT2D eigenvalue weighted by atomic mass is 9.94. The van der Waals surface area contributed by atoms with Crippen molar-refractivity contribution in [2.45, 2.75) is 19.4 Å². The number of likely N-dealkylation sites (tertiary alicyclic amines) is 1. The van der Waals surface area contributed by atoms with E-state index in [0.29, 0.717) is 25.1 Å². The summed E-state index contributed by atoms with van der Waals surface area (Å²) in [5.74, 6) is -1.46. The third-order valence-corrected chi connectivity index (χ3v) is 4.60. The normalized spacial score (nSPS) is 18.9. The summed E-state index contributed by atoms with van der Waals surface area (Å²) in [6.07, 6.45) is 3.66. The first-order chi connectivity index (χ1) is 13.0. The largest absolute Gasteiger partial charge is 0.507 e. The molecule has 1 fully saturated rings. The Morgan fingerprint density at radius 3 is 2.63 bits per heavy atom. The molecule has 1 saturated heterocycles. The number of aliphatic hydroxyl groups is 1. The Balaban J connectivity index is 2.12. The maximum Gasteiger partial charge on any atom is 0.295 e. The number of ether oxygens (including phenoxy) is 1. The van der Waals surface area contributed by atoms with Gasteiger partial charge in [-0.2, -0.15) is 0 Å². The fourth-order valence-electron chi connectivity index (χ4n) is 3.34. The van der Waals surface area contributed by atoms with Crippen LogP contribution in [0.25, 0.3) is 5.76 Å². The molecule has 1 atom stereocenters. The lowest BCUT2D eigenvalue weighted by molar-refractivity contribution is -0.140. The number of nitrogens with zero attached hydrogens (tertiary/aromatic N) is 2. The van der Waals surface area contributed by atoms with E-state index in [1.165, 1.54) is 17.3 Å². The predicted octanol–water partition coefficient (Wildman–Crippen LogP) is 2.85. The predicted molar refractivity (Wildman–Crippen MR) is 101 cm³/mol. The highest BCUT2D eigenvalue weighted by Crippen LogP contribution is 2.39. The van der Waals surface area contributed by atoms with Crippen LogP contribution in [0.15, 0.2) is 54.4 Å². The second-order valence-electron chi connectivity index (χ2n) is 6.49. The number of benzene rings is 1. The van der Waals surface area contributed by atoms with E-state index in [9.17, 15) is 14.7 Å². The zero-order valence-corrected chi connectivity index (χ0v) is 15.4. The lowest BCUT2D eigenvalue weighted by Crippen LogP contribution is -2.31. The van der Waals surface area contributed by atoms with Gasteiger partial charge in [0.1, 0.15) is 5.76 Å². The number of amides is 1. The van der Waals surface area contributed by atoms with E-state index < -0.39 is 17.7 Å². The van der Waals surface area contributed by atoms with E-state index in [1.54, 1.807) is 19.2 Å². The maximum atomic E-state index is 12.8. The Hall–Kier alpha value is -2.99. The highest BCUT2D eigenvalue weighted by atomic mass is 16.5. The average molecular weight is 366 g/mol. The molecular weight excluding hydrogens is 344 g/mol. The zero-order chi connectivity index (χ0) is 19.4. The minimum Gasteiger partial charge on any atom is -0.507 e. The first-order valence-corrected chi connectivity index (χ1v) is 8.79. The number of carbonyl (C=O) groups excluding carboxylic acids is 2. The molecule has 1 aliphatic rings. The molecule has 1 aromatic carbocycles. The molecule has 1 unspecified atom stereocenters. The molecule has 1 amide bonds. The molecule has 0 radical (unpaired) electrons. The fourth-order valence-corrected chi connectivity index (χ4v) is 3.34. The number of pyridine rings is 1. The number of carbonyl (C=O) groups is 2. The van der Waals surface area contributed by atoms with Gasteiger partial charge in [0.05, 0.1) is 11.6 Å². The van der Waals surface area contributed by atoms with Gasteiger partial charge in [-0.1, -0.05) is 29.8 Å². The van der Waals surface area contributed by atoms with Gasteiger partial charge in [0, 0.05) is 38.2 Å². The number of hydrogen-bond acceptors (Lipinski definition) is 5. The smallest absolute Gasteiger partial charge is 0.295 e. The monoisotopic (exact) mass is 366 g/mol. The number of Topliss-reactive ketones (excluding diaryl/α,β-unsaturated/α-hetero) is 1. The molecule has 140 valence electrons. The molecule has 1 aliphatic heterocycles. The summed E-state index contributed by atoms with van der Waals surface area (Å²) >= 11 is 0. The highest BCUT2D eigenvalue weighted by Gasteiger charge is 2.45. The van der Waals surface area contributed by atoms with Gasteiger partial charge in [-0.3, -0.25) is 14.6 Å². The van der Waals surface area contributed by atoms with Gasteiger partial charge < -0.3 is 14.7 Å². The lowest BCUT2D eigenvalue weighted by Gasteiger charge is -2.25. The summed E-state index contributed by atoms with van der Waals surface area (Å²) in [5.41, 5.74) is 2.37. The van der Waals surface area contributed by atoms with Crippen LogP contribution < -0.4 is 0 Å². The minimum absolute atomic E-state index is 0.106. The van der Waals surface area contributed by atoms with Gasteiger partial charge in [0.15, 0.2) is 0 Å². The van der Waals surface area contributed by atoms with Gasteiger partial charge in [-0.05, 0) is 31.0 Å². The van der Waals surface area contributed by atoms with Crippen molar-refractivity contribution in [3.05, 3.63) is 71.1 Å².